The molecule has 200 valence electrons. The van der Waals surface area contributed by atoms with E-state index in [1.165, 1.54) is 23.9 Å². The van der Waals surface area contributed by atoms with Gasteiger partial charge in [-0.15, -0.1) is 0 Å². The molecule has 9 heteroatoms. The summed E-state index contributed by atoms with van der Waals surface area (Å²) in [6.07, 6.45) is 1.80. The normalized spacial score (nSPS) is 15.1. The Kier molecular flexibility index (Phi) is 8.33. The Bertz CT molecular complexity index is 1610. The molecule has 40 heavy (non-hydrogen) atoms. The first-order valence-electron chi connectivity index (χ1n) is 12.2. The van der Waals surface area contributed by atoms with Crippen LogP contribution in [-0.2, 0) is 11.4 Å². The molecule has 1 aliphatic heterocycles. The van der Waals surface area contributed by atoms with Gasteiger partial charge in [0.15, 0.2) is 16.7 Å². The van der Waals surface area contributed by atoms with Crippen LogP contribution in [0.15, 0.2) is 111 Å². The Balaban J connectivity index is 1.43. The maximum Gasteiger partial charge on any atom is 0.335 e. The van der Waals surface area contributed by atoms with E-state index in [2.05, 4.69) is 15.9 Å². The SMILES string of the molecule is COc1cc(/C=C2/SC(=Nc3ccccc3)N(c3ccccc3)C2=O)cc(Br)c1OCc1ccc(C(=O)O)cc1. The highest BCUT2D eigenvalue weighted by Gasteiger charge is 2.34. The summed E-state index contributed by atoms with van der Waals surface area (Å²) in [7, 11) is 1.55. The molecular formula is C31H23BrN2O5S. The molecule has 1 N–H and O–H groups in total. The number of para-hydroxylation sites is 2. The van der Waals surface area contributed by atoms with Crippen LogP contribution in [0, 0.1) is 0 Å². The highest BCUT2D eigenvalue weighted by atomic mass is 79.9. The number of aromatic carboxylic acids is 1. The second kappa shape index (κ2) is 12.2. The number of carboxylic acids is 1. The van der Waals surface area contributed by atoms with Crippen LogP contribution in [0.3, 0.4) is 0 Å². The number of amides is 1. The summed E-state index contributed by atoms with van der Waals surface area (Å²) < 4.78 is 12.3. The molecule has 0 aliphatic carbocycles. The molecule has 0 spiro atoms. The fourth-order valence-corrected chi connectivity index (χ4v) is 5.56. The van der Waals surface area contributed by atoms with Crippen LogP contribution in [-0.4, -0.2) is 29.3 Å². The number of ether oxygens (including phenoxy) is 2. The minimum absolute atomic E-state index is 0.175. The summed E-state index contributed by atoms with van der Waals surface area (Å²) in [4.78, 5) is 31.6. The van der Waals surface area contributed by atoms with E-state index in [-0.39, 0.29) is 18.1 Å². The Morgan fingerprint density at radius 1 is 1.00 bits per heavy atom. The Labute approximate surface area is 243 Å². The number of rotatable bonds is 8. The van der Waals surface area contributed by atoms with Crippen LogP contribution in [0.1, 0.15) is 21.5 Å². The molecule has 0 saturated carbocycles. The summed E-state index contributed by atoms with van der Waals surface area (Å²) in [6.45, 7) is 0.217. The van der Waals surface area contributed by atoms with E-state index in [0.717, 1.165) is 22.5 Å². The number of halogens is 1. The van der Waals surface area contributed by atoms with Crippen molar-refractivity contribution in [1.29, 1.82) is 0 Å². The zero-order chi connectivity index (χ0) is 28.1. The number of thioether (sulfide) groups is 1. The third kappa shape index (κ3) is 6.11. The molecule has 4 aromatic carbocycles. The second-order valence-electron chi connectivity index (χ2n) is 8.64. The van der Waals surface area contributed by atoms with Gasteiger partial charge >= 0.3 is 5.97 Å². The van der Waals surface area contributed by atoms with Gasteiger partial charge in [-0.05, 0) is 93.4 Å². The fraction of sp³-hybridized carbons (Fsp3) is 0.0645. The average Bonchev–Trinajstić information content (AvgIpc) is 3.27. The van der Waals surface area contributed by atoms with Crippen LogP contribution in [0.4, 0.5) is 11.4 Å². The van der Waals surface area contributed by atoms with Gasteiger partial charge in [-0.1, -0.05) is 48.5 Å². The van der Waals surface area contributed by atoms with Crippen molar-refractivity contribution in [3.63, 3.8) is 0 Å². The number of hydrogen-bond acceptors (Lipinski definition) is 6. The van der Waals surface area contributed by atoms with E-state index < -0.39 is 5.97 Å². The first-order valence-corrected chi connectivity index (χ1v) is 13.8. The third-order valence-electron chi connectivity index (χ3n) is 5.94. The standard InChI is InChI=1S/C31H23BrN2O5S/c1-38-26-17-21(16-25(32)28(26)39-19-20-12-14-22(15-13-20)30(36)37)18-27-29(35)34(24-10-6-3-7-11-24)31(40-27)33-23-8-4-2-5-9-23/h2-18H,19H2,1H3,(H,36,37)/b27-18+,33-31?. The molecule has 0 bridgehead atoms. The van der Waals surface area contributed by atoms with Crippen molar-refractivity contribution in [3.05, 3.63) is 123 Å². The Morgan fingerprint density at radius 3 is 2.33 bits per heavy atom. The van der Waals surface area contributed by atoms with Gasteiger partial charge in [0, 0.05) is 0 Å². The zero-order valence-corrected chi connectivity index (χ0v) is 23.7. The summed E-state index contributed by atoms with van der Waals surface area (Å²) in [5.74, 6) is -0.177. The molecule has 0 radical (unpaired) electrons. The number of benzene rings is 4. The number of methoxy groups -OCH3 is 1. The van der Waals surface area contributed by atoms with Crippen LogP contribution in [0.5, 0.6) is 11.5 Å². The maximum atomic E-state index is 13.6. The van der Waals surface area contributed by atoms with Crippen LogP contribution in [0.2, 0.25) is 0 Å². The van der Waals surface area contributed by atoms with Crippen molar-refractivity contribution in [2.24, 2.45) is 4.99 Å². The Morgan fingerprint density at radius 2 is 1.68 bits per heavy atom. The summed E-state index contributed by atoms with van der Waals surface area (Å²) in [5.41, 5.74) is 3.25. The predicted octanol–water partition coefficient (Wildman–Crippen LogP) is 7.54. The van der Waals surface area contributed by atoms with Gasteiger partial charge in [-0.3, -0.25) is 9.69 Å². The number of carbonyl (C=O) groups excluding carboxylic acids is 1. The number of carbonyl (C=O) groups is 2. The van der Waals surface area contributed by atoms with Gasteiger partial charge in [0.25, 0.3) is 5.91 Å². The van der Waals surface area contributed by atoms with E-state index in [4.69, 9.17) is 19.6 Å². The molecular weight excluding hydrogens is 592 g/mol. The first-order chi connectivity index (χ1) is 19.4. The predicted molar refractivity (Wildman–Crippen MR) is 161 cm³/mol. The number of carboxylic acid groups (broad SMARTS) is 1. The second-order valence-corrected chi connectivity index (χ2v) is 10.5. The maximum absolute atomic E-state index is 13.6. The van der Waals surface area contributed by atoms with E-state index >= 15 is 0 Å². The average molecular weight is 616 g/mol. The lowest BCUT2D eigenvalue weighted by molar-refractivity contribution is -0.113. The van der Waals surface area contributed by atoms with Crippen molar-refractivity contribution in [1.82, 2.24) is 0 Å². The van der Waals surface area contributed by atoms with Gasteiger partial charge < -0.3 is 14.6 Å². The van der Waals surface area contributed by atoms with Gasteiger partial charge in [0.05, 0.1) is 33.4 Å². The van der Waals surface area contributed by atoms with E-state index in [1.54, 1.807) is 36.3 Å². The molecule has 0 unspecified atom stereocenters. The van der Waals surface area contributed by atoms with Crippen molar-refractivity contribution in [2.75, 3.05) is 12.0 Å². The summed E-state index contributed by atoms with van der Waals surface area (Å²) in [5, 5.41) is 9.66. The van der Waals surface area contributed by atoms with Gasteiger partial charge in [-0.25, -0.2) is 9.79 Å². The van der Waals surface area contributed by atoms with E-state index in [0.29, 0.717) is 26.0 Å². The van der Waals surface area contributed by atoms with Gasteiger partial charge in [-0.2, -0.15) is 0 Å². The molecule has 7 nitrogen and oxygen atoms in total. The number of amidine groups is 1. The summed E-state index contributed by atoms with van der Waals surface area (Å²) in [6, 6.07) is 29.1. The molecule has 1 saturated heterocycles. The quantitative estimate of drug-likeness (QED) is 0.206. The van der Waals surface area contributed by atoms with Crippen LogP contribution in [0.25, 0.3) is 6.08 Å². The highest BCUT2D eigenvalue weighted by molar-refractivity contribution is 9.10. The third-order valence-corrected chi connectivity index (χ3v) is 7.49. The molecule has 1 fully saturated rings. The van der Waals surface area contributed by atoms with Crippen molar-refractivity contribution >= 4 is 62.2 Å². The summed E-state index contributed by atoms with van der Waals surface area (Å²) >= 11 is 4.88. The van der Waals surface area contributed by atoms with Gasteiger partial charge in [0.2, 0.25) is 0 Å². The minimum atomic E-state index is -0.981. The number of hydrogen-bond donors (Lipinski definition) is 1. The largest absolute Gasteiger partial charge is 0.493 e. The topological polar surface area (TPSA) is 88.4 Å². The van der Waals surface area contributed by atoms with Crippen LogP contribution < -0.4 is 14.4 Å². The smallest absolute Gasteiger partial charge is 0.335 e. The lowest BCUT2D eigenvalue weighted by Crippen LogP contribution is -2.28. The van der Waals surface area contributed by atoms with Crippen molar-refractivity contribution in [3.8, 4) is 11.5 Å². The number of nitrogens with zero attached hydrogens (tertiary/aromatic N) is 2. The Hall–Kier alpha value is -4.34. The highest BCUT2D eigenvalue weighted by Crippen LogP contribution is 2.41. The first kappa shape index (κ1) is 27.2. The fourth-order valence-electron chi connectivity index (χ4n) is 3.98. The monoisotopic (exact) mass is 614 g/mol. The van der Waals surface area contributed by atoms with E-state index in [9.17, 15) is 9.59 Å². The lowest BCUT2D eigenvalue weighted by Gasteiger charge is -2.15. The minimum Gasteiger partial charge on any atom is -0.493 e. The van der Waals surface area contributed by atoms with E-state index in [1.807, 2.05) is 66.7 Å². The molecule has 1 amide bonds. The van der Waals surface area contributed by atoms with Gasteiger partial charge in [0.1, 0.15) is 6.61 Å². The molecule has 1 aliphatic rings. The molecule has 1 heterocycles. The van der Waals surface area contributed by atoms with Crippen molar-refractivity contribution < 1.29 is 24.2 Å². The molecule has 5 rings (SSSR count). The van der Waals surface area contributed by atoms with Crippen molar-refractivity contribution in [2.45, 2.75) is 6.61 Å². The number of aliphatic imine (C=N–C) groups is 1. The molecule has 0 aromatic heterocycles. The van der Waals surface area contributed by atoms with Crippen LogP contribution >= 0.6 is 27.7 Å². The molecule has 0 atom stereocenters. The lowest BCUT2D eigenvalue weighted by atomic mass is 10.1. The zero-order valence-electron chi connectivity index (χ0n) is 21.3. The number of anilines is 1. The molecule has 4 aromatic rings.